The summed E-state index contributed by atoms with van der Waals surface area (Å²) in [4.78, 5) is 26.3. The molecule has 0 saturated heterocycles. The molecule has 11 rings (SSSR count). The van der Waals surface area contributed by atoms with Crippen LogP contribution in [-0.4, -0.2) is 61.6 Å². The van der Waals surface area contributed by atoms with Crippen LogP contribution in [0.25, 0.3) is 10.9 Å². The van der Waals surface area contributed by atoms with Crippen molar-refractivity contribution in [3.8, 4) is 28.7 Å². The van der Waals surface area contributed by atoms with Crippen LogP contribution in [0.4, 0.5) is 28.4 Å². The van der Waals surface area contributed by atoms with Crippen molar-refractivity contribution in [3.63, 3.8) is 0 Å². The molecule has 0 radical (unpaired) electrons. The average Bonchev–Trinajstić information content (AvgIpc) is 0.844. The quantitative estimate of drug-likeness (QED) is 0.0672. The van der Waals surface area contributed by atoms with Gasteiger partial charge in [-0.25, -0.2) is 0 Å². The molecule has 0 fully saturated rings. The Morgan fingerprint density at radius 2 is 0.614 bits per heavy atom. The first-order valence-corrected chi connectivity index (χ1v) is 51.2. The molecule has 520 valence electrons. The summed E-state index contributed by atoms with van der Waals surface area (Å²) in [7, 11) is 48.9. The number of aromatic hydroxyl groups is 5. The Hall–Kier alpha value is -4.57. The van der Waals surface area contributed by atoms with E-state index in [2.05, 4.69) is 62.8 Å². The monoisotopic (exact) mass is 1720 g/mol. The second-order valence-electron chi connectivity index (χ2n) is 20.5. The van der Waals surface area contributed by atoms with E-state index < -0.39 is 85.2 Å². The topological polar surface area (TPSA) is 176 Å². The number of pyridine rings is 1. The van der Waals surface area contributed by atoms with Crippen molar-refractivity contribution in [2.75, 3.05) is 0 Å². The molecule has 11 nitrogen and oxygen atoms in total. The zero-order valence-corrected chi connectivity index (χ0v) is 71.0. The number of benzene rings is 10. The molecule has 1 aromatic heterocycles. The number of fused-ring (bicyclic) bond motifs is 1. The van der Waals surface area contributed by atoms with Gasteiger partial charge in [-0.3, -0.25) is 29.9 Å². The number of halogens is 10. The van der Waals surface area contributed by atoms with Gasteiger partial charge in [0.2, 0.25) is 0 Å². The first-order valence-electron chi connectivity index (χ1n) is 29.7. The number of nitrogens with zero attached hydrogens (tertiary/aromatic N) is 6. The molecule has 1 heterocycles. The molecule has 0 unspecified atom stereocenters. The van der Waals surface area contributed by atoms with Gasteiger partial charge in [0.05, 0.1) is 34.0 Å². The van der Waals surface area contributed by atoms with Crippen LogP contribution in [0.5, 0.6) is 28.7 Å². The molecule has 0 saturated carbocycles. The average molecular weight is 1730 g/mol. The van der Waals surface area contributed by atoms with E-state index >= 15 is 0 Å². The van der Waals surface area contributed by atoms with Gasteiger partial charge >= 0.3 is 178 Å². The fourth-order valence-electron chi connectivity index (χ4n) is 8.60. The minimum absolute atomic E-state index is 0.222. The maximum absolute atomic E-state index is 9.69. The second-order valence-corrected chi connectivity index (χ2v) is 33.4. The molecule has 0 aliphatic rings. The molecule has 0 bridgehead atoms. The minimum atomic E-state index is -0.556. The Morgan fingerprint density at radius 1 is 0.287 bits per heavy atom. The number of aryl methyl sites for hydroxylation is 7. The first-order chi connectivity index (χ1) is 48.7. The Bertz CT molecular complexity index is 4280. The Morgan fingerprint density at radius 3 is 1.00 bits per heavy atom. The molecule has 5 N–H and O–H groups in total. The molecular weight excluding hydrogens is 1660 g/mol. The standard InChI is InChI=1S/C16H12N2O.C16H17NO.C15H15NO.2C14H13NO.10ClH.5Ti/c19-15-9-2-1-5-13(15)11-18-14-8-3-6-12-7-4-10-17-16(12)14;1-11-8-12(2)16(13(3)9-11)17-10-14-6-4-5-7-15(14)18;1-11-6-5-7-12(2)15(11)16-10-13-8-3-4-9-14(13)17;1-11-5-4-7-13(9-11)15-10-12-6-2-3-8-14(12)16;1-11-6-8-13(9-7-11)15-10-12-4-2-3-5-14(12)16;;;;;;;;;;;;;;;/h1-11,19H;4-10,18H,1-3H3;3-10,17H,1-2H3;2*2-10,16H,1H3;10*1H;;;;;/q;;;;;;;;;;;;;;;5*+2/p-10. The van der Waals surface area contributed by atoms with Gasteiger partial charge in [0.25, 0.3) is 0 Å². The number of aromatic nitrogens is 1. The van der Waals surface area contributed by atoms with Crippen LogP contribution in [0, 0.1) is 48.5 Å². The number of hydrogen-bond acceptors (Lipinski definition) is 11. The molecule has 101 heavy (non-hydrogen) atoms. The van der Waals surface area contributed by atoms with Crippen molar-refractivity contribution in [1.29, 1.82) is 0 Å². The van der Waals surface area contributed by atoms with Gasteiger partial charge in [0, 0.05) is 70.5 Å². The van der Waals surface area contributed by atoms with Crippen LogP contribution in [0.2, 0.25) is 0 Å². The van der Waals surface area contributed by atoms with Crippen molar-refractivity contribution >= 4 is 163 Å². The van der Waals surface area contributed by atoms with Gasteiger partial charge in [0.15, 0.2) is 0 Å². The third kappa shape index (κ3) is 38.9. The molecule has 10 aromatic carbocycles. The van der Waals surface area contributed by atoms with E-state index in [1.54, 1.807) is 97.9 Å². The van der Waals surface area contributed by atoms with E-state index in [1.807, 2.05) is 185 Å². The normalized spacial score (nSPS) is 10.0. The number of phenolic OH excluding ortho intramolecular Hbond substituents is 5. The second kappa shape index (κ2) is 56.8. The van der Waals surface area contributed by atoms with E-state index in [1.165, 1.54) is 16.7 Å². The fraction of sp³-hybridized carbons (Fsp3) is 0.0933. The van der Waals surface area contributed by atoms with E-state index in [9.17, 15) is 25.5 Å². The van der Waals surface area contributed by atoms with Gasteiger partial charge in [-0.05, 0) is 173 Å². The van der Waals surface area contributed by atoms with Crippen molar-refractivity contribution in [2.24, 2.45) is 25.0 Å². The summed E-state index contributed by atoms with van der Waals surface area (Å²) >= 11 is -2.78. The number of rotatable bonds is 10. The first kappa shape index (κ1) is 92.5. The molecule has 0 aliphatic heterocycles. The molecule has 11 aromatic rings. The van der Waals surface area contributed by atoms with Gasteiger partial charge in [-0.15, -0.1) is 0 Å². The van der Waals surface area contributed by atoms with Crippen LogP contribution < -0.4 is 0 Å². The van der Waals surface area contributed by atoms with Crippen molar-refractivity contribution in [2.45, 2.75) is 48.5 Å². The van der Waals surface area contributed by atoms with E-state index in [0.29, 0.717) is 5.56 Å². The number of para-hydroxylation sites is 7. The van der Waals surface area contributed by atoms with Crippen LogP contribution in [0.1, 0.15) is 66.8 Å². The van der Waals surface area contributed by atoms with Crippen LogP contribution in [0.15, 0.2) is 262 Å². The molecule has 0 atom stereocenters. The van der Waals surface area contributed by atoms with E-state index in [0.717, 1.165) is 83.8 Å². The maximum atomic E-state index is 9.69. The summed E-state index contributed by atoms with van der Waals surface area (Å²) in [6.07, 6.45) is 10.1. The third-order valence-electron chi connectivity index (χ3n) is 13.1. The van der Waals surface area contributed by atoms with Crippen LogP contribution in [-0.2, 0) is 85.2 Å². The summed E-state index contributed by atoms with van der Waals surface area (Å²) in [6, 6.07) is 71.7. The van der Waals surface area contributed by atoms with E-state index in [-0.39, 0.29) is 28.7 Å². The zero-order chi connectivity index (χ0) is 74.7. The predicted molar refractivity (Wildman–Crippen MR) is 416 cm³/mol. The Kier molecular flexibility index (Phi) is 52.0. The summed E-state index contributed by atoms with van der Waals surface area (Å²) in [5.41, 5.74) is 17.2. The van der Waals surface area contributed by atoms with E-state index in [4.69, 9.17) is 93.0 Å². The van der Waals surface area contributed by atoms with Crippen molar-refractivity contribution in [1.82, 2.24) is 4.98 Å². The zero-order valence-electron chi connectivity index (χ0n) is 55.6. The SMILES string of the molecule is Cc1cc(C)c(N=Cc2ccccc2O)c(C)c1.Cc1ccc(N=Cc2ccccc2O)cc1.Cc1cccc(C)c1N=Cc1ccccc1O.Cc1cccc(N=Cc2ccccc2O)c1.Oc1ccccc1C=Nc1cccc2cccnc12.[Cl][Ti][Cl].[Cl][Ti][Cl].[Cl][Ti][Cl].[Cl][Ti][Cl].[Cl][Ti][Cl]. The summed E-state index contributed by atoms with van der Waals surface area (Å²) < 4.78 is 0. The summed E-state index contributed by atoms with van der Waals surface area (Å²) in [5, 5.41) is 49.2. The number of aliphatic imine (C=N–C) groups is 5. The van der Waals surface area contributed by atoms with Gasteiger partial charge < -0.3 is 25.5 Å². The summed E-state index contributed by atoms with van der Waals surface area (Å²) in [6.45, 7) is 14.3. The third-order valence-corrected chi connectivity index (χ3v) is 13.1. The molecule has 0 aliphatic carbocycles. The number of hydrogen-bond donors (Lipinski definition) is 5. The molecule has 0 amide bonds. The van der Waals surface area contributed by atoms with Crippen molar-refractivity contribution < 1.29 is 111 Å². The molecule has 26 heteroatoms. The van der Waals surface area contributed by atoms with Crippen LogP contribution in [0.3, 0.4) is 0 Å². The fourth-order valence-corrected chi connectivity index (χ4v) is 8.60. The number of phenols is 5. The van der Waals surface area contributed by atoms with Gasteiger partial charge in [0.1, 0.15) is 28.7 Å². The van der Waals surface area contributed by atoms with Crippen LogP contribution >= 0.6 is 93.0 Å². The van der Waals surface area contributed by atoms with Crippen molar-refractivity contribution in [3.05, 3.63) is 303 Å². The summed E-state index contributed by atoms with van der Waals surface area (Å²) in [5.74, 6) is 1.22. The van der Waals surface area contributed by atoms with Gasteiger partial charge in [-0.2, -0.15) is 0 Å². The Balaban J connectivity index is 0.000000408. The Labute approximate surface area is 676 Å². The molecule has 0 spiro atoms. The van der Waals surface area contributed by atoms with Gasteiger partial charge in [-0.1, -0.05) is 145 Å². The predicted octanol–water partition coefficient (Wildman–Crippen LogP) is 25.3. The molecular formula is C75H70Cl10N6O5Ti5.